The van der Waals surface area contributed by atoms with Crippen LogP contribution >= 0.6 is 0 Å². The van der Waals surface area contributed by atoms with Crippen LogP contribution in [0.25, 0.3) is 0 Å². The van der Waals surface area contributed by atoms with Crippen LogP contribution in [0.3, 0.4) is 0 Å². The van der Waals surface area contributed by atoms with E-state index in [0.717, 1.165) is 12.2 Å². The molecule has 0 aliphatic rings. The molecule has 5 heteroatoms. The summed E-state index contributed by atoms with van der Waals surface area (Å²) < 4.78 is 15.1. The second-order valence-electron chi connectivity index (χ2n) is 3.91. The smallest absolute Gasteiger partial charge is 0.330 e. The SMILES string of the molecule is C=CC(=O)OCC(CC)(COC)COC(=O)C=C. The molecule has 5 nitrogen and oxygen atoms in total. The average molecular weight is 256 g/mol. The lowest BCUT2D eigenvalue weighted by molar-refractivity contribution is -0.151. The number of hydrogen-bond donors (Lipinski definition) is 0. The van der Waals surface area contributed by atoms with Gasteiger partial charge in [-0.3, -0.25) is 0 Å². The summed E-state index contributed by atoms with van der Waals surface area (Å²) in [6, 6.07) is 0. The summed E-state index contributed by atoms with van der Waals surface area (Å²) in [5, 5.41) is 0. The van der Waals surface area contributed by atoms with Crippen molar-refractivity contribution in [1.29, 1.82) is 0 Å². The number of ether oxygens (including phenoxy) is 3. The average Bonchev–Trinajstić information content (AvgIpc) is 2.41. The molecular weight excluding hydrogens is 236 g/mol. The summed E-state index contributed by atoms with van der Waals surface area (Å²) in [7, 11) is 1.54. The third kappa shape index (κ3) is 5.63. The van der Waals surface area contributed by atoms with Gasteiger partial charge >= 0.3 is 11.9 Å². The van der Waals surface area contributed by atoms with Crippen LogP contribution in [0.1, 0.15) is 13.3 Å². The second kappa shape index (κ2) is 8.47. The van der Waals surface area contributed by atoms with Gasteiger partial charge in [0.25, 0.3) is 0 Å². The summed E-state index contributed by atoms with van der Waals surface area (Å²) in [5.74, 6) is -1.03. The minimum Gasteiger partial charge on any atom is -0.462 e. The van der Waals surface area contributed by atoms with Gasteiger partial charge in [-0.1, -0.05) is 20.1 Å². The maximum absolute atomic E-state index is 11.1. The maximum Gasteiger partial charge on any atom is 0.330 e. The molecule has 0 aliphatic carbocycles. The molecule has 18 heavy (non-hydrogen) atoms. The molecule has 0 unspecified atom stereocenters. The van der Waals surface area contributed by atoms with Crippen molar-refractivity contribution in [2.45, 2.75) is 13.3 Å². The van der Waals surface area contributed by atoms with Gasteiger partial charge in [-0.05, 0) is 6.42 Å². The van der Waals surface area contributed by atoms with Crippen LogP contribution in [-0.2, 0) is 23.8 Å². The summed E-state index contributed by atoms with van der Waals surface area (Å²) in [4.78, 5) is 22.1. The Morgan fingerprint density at radius 1 is 1.06 bits per heavy atom. The molecular formula is C13H20O5. The van der Waals surface area contributed by atoms with Gasteiger partial charge in [0.1, 0.15) is 13.2 Å². The van der Waals surface area contributed by atoms with E-state index in [4.69, 9.17) is 14.2 Å². The molecule has 0 saturated heterocycles. The van der Waals surface area contributed by atoms with Gasteiger partial charge < -0.3 is 14.2 Å². The molecule has 0 atom stereocenters. The third-order valence-corrected chi connectivity index (χ3v) is 2.58. The van der Waals surface area contributed by atoms with Crippen LogP contribution in [0.4, 0.5) is 0 Å². The minimum absolute atomic E-state index is 0.104. The first-order valence-corrected chi connectivity index (χ1v) is 5.61. The second-order valence-corrected chi connectivity index (χ2v) is 3.91. The van der Waals surface area contributed by atoms with Crippen LogP contribution in [0, 0.1) is 5.41 Å². The first-order valence-electron chi connectivity index (χ1n) is 5.61. The maximum atomic E-state index is 11.1. The molecule has 0 aromatic rings. The van der Waals surface area contributed by atoms with E-state index in [0.29, 0.717) is 13.0 Å². The van der Waals surface area contributed by atoms with Gasteiger partial charge in [-0.15, -0.1) is 0 Å². The molecule has 0 N–H and O–H groups in total. The zero-order chi connectivity index (χ0) is 14.0. The molecule has 0 heterocycles. The number of rotatable bonds is 9. The van der Waals surface area contributed by atoms with Gasteiger partial charge in [-0.25, -0.2) is 9.59 Å². The van der Waals surface area contributed by atoms with Crippen molar-refractivity contribution in [3.8, 4) is 0 Å². The highest BCUT2D eigenvalue weighted by Crippen LogP contribution is 2.24. The lowest BCUT2D eigenvalue weighted by Crippen LogP contribution is -2.37. The number of carbonyl (C=O) groups is 2. The van der Waals surface area contributed by atoms with Gasteiger partial charge in [0.05, 0.1) is 12.0 Å². The first-order chi connectivity index (χ1) is 8.53. The Balaban J connectivity index is 4.57. The lowest BCUT2D eigenvalue weighted by Gasteiger charge is -2.30. The van der Waals surface area contributed by atoms with Crippen LogP contribution < -0.4 is 0 Å². The number of methoxy groups -OCH3 is 1. The predicted molar refractivity (Wildman–Crippen MR) is 66.9 cm³/mol. The predicted octanol–water partition coefficient (Wildman–Crippen LogP) is 1.49. The molecule has 0 aromatic heterocycles. The van der Waals surface area contributed by atoms with E-state index in [1.165, 1.54) is 7.11 Å². The molecule has 0 saturated carbocycles. The molecule has 0 fully saturated rings. The van der Waals surface area contributed by atoms with E-state index in [1.807, 2.05) is 6.92 Å². The highest BCUT2D eigenvalue weighted by atomic mass is 16.6. The Morgan fingerprint density at radius 3 is 1.78 bits per heavy atom. The Hall–Kier alpha value is -1.62. The Labute approximate surface area is 107 Å². The fourth-order valence-electron chi connectivity index (χ4n) is 1.30. The van der Waals surface area contributed by atoms with Gasteiger partial charge in [-0.2, -0.15) is 0 Å². The van der Waals surface area contributed by atoms with Crippen molar-refractivity contribution in [1.82, 2.24) is 0 Å². The zero-order valence-electron chi connectivity index (χ0n) is 10.9. The van der Waals surface area contributed by atoms with Crippen molar-refractivity contribution in [2.75, 3.05) is 26.9 Å². The molecule has 0 radical (unpaired) electrons. The molecule has 0 rings (SSSR count). The van der Waals surface area contributed by atoms with Crippen LogP contribution in [0.5, 0.6) is 0 Å². The quantitative estimate of drug-likeness (QED) is 0.462. The molecule has 0 bridgehead atoms. The van der Waals surface area contributed by atoms with E-state index < -0.39 is 17.4 Å². The number of esters is 2. The van der Waals surface area contributed by atoms with Crippen molar-refractivity contribution in [3.63, 3.8) is 0 Å². The molecule has 0 aliphatic heterocycles. The minimum atomic E-state index is -0.550. The van der Waals surface area contributed by atoms with Gasteiger partial charge in [0, 0.05) is 19.3 Å². The van der Waals surface area contributed by atoms with E-state index in [1.54, 1.807) is 0 Å². The Morgan fingerprint density at radius 2 is 1.50 bits per heavy atom. The largest absolute Gasteiger partial charge is 0.462 e. The zero-order valence-corrected chi connectivity index (χ0v) is 10.9. The van der Waals surface area contributed by atoms with Crippen LogP contribution in [0.15, 0.2) is 25.3 Å². The summed E-state index contributed by atoms with van der Waals surface area (Å²) in [6.07, 6.45) is 2.81. The van der Waals surface area contributed by atoms with Crippen LogP contribution in [-0.4, -0.2) is 38.9 Å². The van der Waals surface area contributed by atoms with Gasteiger partial charge in [0.2, 0.25) is 0 Å². The highest BCUT2D eigenvalue weighted by Gasteiger charge is 2.31. The number of hydrogen-bond acceptors (Lipinski definition) is 5. The summed E-state index contributed by atoms with van der Waals surface area (Å²) in [6.45, 7) is 9.06. The Kier molecular flexibility index (Phi) is 7.71. The van der Waals surface area contributed by atoms with Crippen molar-refractivity contribution in [3.05, 3.63) is 25.3 Å². The van der Waals surface area contributed by atoms with Crippen molar-refractivity contribution < 1.29 is 23.8 Å². The Bertz CT molecular complexity index is 285. The summed E-state index contributed by atoms with van der Waals surface area (Å²) in [5.41, 5.74) is -0.550. The molecule has 0 amide bonds. The number of carbonyl (C=O) groups excluding carboxylic acids is 2. The fourth-order valence-corrected chi connectivity index (χ4v) is 1.30. The van der Waals surface area contributed by atoms with E-state index >= 15 is 0 Å². The van der Waals surface area contributed by atoms with Crippen molar-refractivity contribution in [2.24, 2.45) is 5.41 Å². The molecule has 0 aromatic carbocycles. The van der Waals surface area contributed by atoms with E-state index in [-0.39, 0.29) is 13.2 Å². The lowest BCUT2D eigenvalue weighted by atomic mass is 9.88. The van der Waals surface area contributed by atoms with E-state index in [9.17, 15) is 9.59 Å². The van der Waals surface area contributed by atoms with E-state index in [2.05, 4.69) is 13.2 Å². The topological polar surface area (TPSA) is 61.8 Å². The normalized spacial score (nSPS) is 10.6. The standard InChI is InChI=1S/C13H20O5/c1-5-11(14)17-9-13(7-3,8-16-4)10-18-12(15)6-2/h5-6H,1-2,7-10H2,3-4H3. The first kappa shape index (κ1) is 16.4. The van der Waals surface area contributed by atoms with Crippen molar-refractivity contribution >= 4 is 11.9 Å². The molecule has 102 valence electrons. The highest BCUT2D eigenvalue weighted by molar-refractivity contribution is 5.81. The monoisotopic (exact) mass is 256 g/mol. The fraction of sp³-hybridized carbons (Fsp3) is 0.538. The third-order valence-electron chi connectivity index (χ3n) is 2.58. The molecule has 0 spiro atoms. The summed E-state index contributed by atoms with van der Waals surface area (Å²) >= 11 is 0. The van der Waals surface area contributed by atoms with Crippen LogP contribution in [0.2, 0.25) is 0 Å². The van der Waals surface area contributed by atoms with Gasteiger partial charge in [0.15, 0.2) is 0 Å².